The Balaban J connectivity index is 4.23. The van der Waals surface area contributed by atoms with Crippen molar-refractivity contribution in [2.24, 2.45) is 0 Å². The van der Waals surface area contributed by atoms with Crippen LogP contribution in [-0.2, 0) is 0 Å². The summed E-state index contributed by atoms with van der Waals surface area (Å²) in [6.07, 6.45) is 3.95. The summed E-state index contributed by atoms with van der Waals surface area (Å²) >= 11 is 0. The van der Waals surface area contributed by atoms with E-state index in [4.69, 9.17) is 5.11 Å². The Morgan fingerprint density at radius 3 is 2.45 bits per heavy atom. The maximum atomic E-state index is 9.08. The number of rotatable bonds is 4. The van der Waals surface area contributed by atoms with Crippen LogP contribution in [0.4, 0.5) is 0 Å². The van der Waals surface area contributed by atoms with Gasteiger partial charge in [-0.25, -0.2) is 0 Å². The molecule has 0 aliphatic carbocycles. The van der Waals surface area contributed by atoms with E-state index >= 15 is 0 Å². The molecule has 0 saturated carbocycles. The lowest BCUT2D eigenvalue weighted by Gasteiger charge is -2.07. The number of aliphatic hydroxyl groups excluding tert-OH is 1. The van der Waals surface area contributed by atoms with Crippen molar-refractivity contribution >= 4 is 0 Å². The zero-order valence-corrected chi connectivity index (χ0v) is 7.30. The van der Waals surface area contributed by atoms with Gasteiger partial charge in [-0.1, -0.05) is 30.9 Å². The normalized spacial score (nSPS) is 14.3. The highest BCUT2D eigenvalue weighted by Gasteiger charge is 2.01. The van der Waals surface area contributed by atoms with Gasteiger partial charge in [0.1, 0.15) is 0 Å². The molecule has 0 fully saturated rings. The summed E-state index contributed by atoms with van der Waals surface area (Å²) in [5, 5.41) is 9.08. The highest BCUT2D eigenvalue weighted by molar-refractivity contribution is 5.29. The molecule has 1 atom stereocenters. The minimum Gasteiger partial charge on any atom is -0.393 e. The molecule has 0 aromatic carbocycles. The smallest absolute Gasteiger partial charge is 0.0552 e. The van der Waals surface area contributed by atoms with Gasteiger partial charge >= 0.3 is 0 Å². The maximum absolute atomic E-state index is 9.08. The number of hydrogen-bond acceptors (Lipinski definition) is 1. The molecule has 0 rings (SSSR count). The SMILES string of the molecule is C=C/C=C(/CC(C)O)C(=C)C. The zero-order chi connectivity index (χ0) is 8.85. The molecule has 0 aromatic rings. The molecular weight excluding hydrogens is 136 g/mol. The van der Waals surface area contributed by atoms with Crippen LogP contribution < -0.4 is 0 Å². The standard InChI is InChI=1S/C10H16O/c1-5-6-10(8(2)3)7-9(4)11/h5-6,9,11H,1-2,7H2,3-4H3/b10-6-. The lowest BCUT2D eigenvalue weighted by Crippen LogP contribution is -2.01. The van der Waals surface area contributed by atoms with Gasteiger partial charge < -0.3 is 5.11 Å². The molecule has 0 heterocycles. The van der Waals surface area contributed by atoms with Crippen LogP contribution in [0, 0.1) is 0 Å². The Kier molecular flexibility index (Phi) is 4.55. The summed E-state index contributed by atoms with van der Waals surface area (Å²) in [4.78, 5) is 0. The molecule has 0 amide bonds. The van der Waals surface area contributed by atoms with Crippen molar-refractivity contribution in [3.05, 3.63) is 36.5 Å². The van der Waals surface area contributed by atoms with Crippen LogP contribution in [-0.4, -0.2) is 11.2 Å². The van der Waals surface area contributed by atoms with E-state index in [2.05, 4.69) is 13.2 Å². The third-order valence-corrected chi connectivity index (χ3v) is 1.38. The molecule has 62 valence electrons. The summed E-state index contributed by atoms with van der Waals surface area (Å²) in [6, 6.07) is 0. The van der Waals surface area contributed by atoms with Crippen LogP contribution in [0.3, 0.4) is 0 Å². The zero-order valence-electron chi connectivity index (χ0n) is 7.30. The summed E-state index contributed by atoms with van der Waals surface area (Å²) in [5.41, 5.74) is 2.06. The van der Waals surface area contributed by atoms with E-state index in [0.29, 0.717) is 6.42 Å². The molecule has 1 N–H and O–H groups in total. The van der Waals surface area contributed by atoms with E-state index in [9.17, 15) is 0 Å². The molecule has 0 saturated heterocycles. The Morgan fingerprint density at radius 1 is 1.64 bits per heavy atom. The van der Waals surface area contributed by atoms with Crippen LogP contribution in [0.1, 0.15) is 20.3 Å². The molecule has 0 aromatic heterocycles. The van der Waals surface area contributed by atoms with Crippen LogP contribution in [0.2, 0.25) is 0 Å². The van der Waals surface area contributed by atoms with Gasteiger partial charge in [-0.2, -0.15) is 0 Å². The fraction of sp³-hybridized carbons (Fsp3) is 0.400. The van der Waals surface area contributed by atoms with Crippen molar-refractivity contribution in [2.45, 2.75) is 26.4 Å². The van der Waals surface area contributed by atoms with E-state index in [0.717, 1.165) is 11.1 Å². The maximum Gasteiger partial charge on any atom is 0.0552 e. The van der Waals surface area contributed by atoms with Crippen molar-refractivity contribution in [2.75, 3.05) is 0 Å². The Bertz CT molecular complexity index is 175. The highest BCUT2D eigenvalue weighted by atomic mass is 16.3. The number of aliphatic hydroxyl groups is 1. The van der Waals surface area contributed by atoms with E-state index < -0.39 is 0 Å². The minimum atomic E-state index is -0.308. The van der Waals surface area contributed by atoms with Gasteiger partial charge in [0, 0.05) is 0 Å². The van der Waals surface area contributed by atoms with Crippen LogP contribution in [0.15, 0.2) is 36.5 Å². The largest absolute Gasteiger partial charge is 0.393 e. The number of hydrogen-bond donors (Lipinski definition) is 1. The first-order valence-corrected chi connectivity index (χ1v) is 3.73. The summed E-state index contributed by atoms with van der Waals surface area (Å²) < 4.78 is 0. The summed E-state index contributed by atoms with van der Waals surface area (Å²) in [6.45, 7) is 11.1. The van der Waals surface area contributed by atoms with Gasteiger partial charge in [0.15, 0.2) is 0 Å². The molecule has 1 nitrogen and oxygen atoms in total. The predicted octanol–water partition coefficient (Wildman–Crippen LogP) is 2.45. The molecule has 1 heteroatoms. The lowest BCUT2D eigenvalue weighted by molar-refractivity contribution is 0.196. The van der Waals surface area contributed by atoms with Gasteiger partial charge in [0.2, 0.25) is 0 Å². The molecule has 0 bridgehead atoms. The third-order valence-electron chi connectivity index (χ3n) is 1.38. The van der Waals surface area contributed by atoms with E-state index in [-0.39, 0.29) is 6.10 Å². The average Bonchev–Trinajstić information content (AvgIpc) is 1.86. The lowest BCUT2D eigenvalue weighted by atomic mass is 10.0. The van der Waals surface area contributed by atoms with E-state index in [1.807, 2.05) is 13.0 Å². The minimum absolute atomic E-state index is 0.308. The van der Waals surface area contributed by atoms with Gasteiger partial charge in [-0.15, -0.1) is 0 Å². The molecule has 0 radical (unpaired) electrons. The van der Waals surface area contributed by atoms with Crippen LogP contribution in [0.25, 0.3) is 0 Å². The highest BCUT2D eigenvalue weighted by Crippen LogP contribution is 2.13. The van der Waals surface area contributed by atoms with Crippen molar-refractivity contribution in [1.82, 2.24) is 0 Å². The fourth-order valence-corrected chi connectivity index (χ4v) is 0.845. The van der Waals surface area contributed by atoms with Gasteiger partial charge in [0.05, 0.1) is 6.10 Å². The first-order chi connectivity index (χ1) is 5.07. The van der Waals surface area contributed by atoms with Gasteiger partial charge in [-0.3, -0.25) is 0 Å². The molecule has 1 unspecified atom stereocenters. The van der Waals surface area contributed by atoms with Crippen LogP contribution >= 0.6 is 0 Å². The molecule has 11 heavy (non-hydrogen) atoms. The Labute approximate surface area is 68.7 Å². The quantitative estimate of drug-likeness (QED) is 0.613. The predicted molar refractivity (Wildman–Crippen MR) is 49.4 cm³/mol. The monoisotopic (exact) mass is 152 g/mol. The molecular formula is C10H16O. The first-order valence-electron chi connectivity index (χ1n) is 3.73. The van der Waals surface area contributed by atoms with Crippen molar-refractivity contribution in [3.8, 4) is 0 Å². The summed E-state index contributed by atoms with van der Waals surface area (Å²) in [7, 11) is 0. The van der Waals surface area contributed by atoms with Gasteiger partial charge in [-0.05, 0) is 25.8 Å². The van der Waals surface area contributed by atoms with Crippen molar-refractivity contribution < 1.29 is 5.11 Å². The fourth-order valence-electron chi connectivity index (χ4n) is 0.845. The topological polar surface area (TPSA) is 20.2 Å². The molecule has 0 aliphatic heterocycles. The Hall–Kier alpha value is -0.820. The number of allylic oxidation sites excluding steroid dienone is 3. The van der Waals surface area contributed by atoms with E-state index in [1.54, 1.807) is 13.0 Å². The second kappa shape index (κ2) is 4.91. The Morgan fingerprint density at radius 2 is 2.18 bits per heavy atom. The van der Waals surface area contributed by atoms with Crippen molar-refractivity contribution in [3.63, 3.8) is 0 Å². The molecule has 0 aliphatic rings. The van der Waals surface area contributed by atoms with E-state index in [1.165, 1.54) is 0 Å². The summed E-state index contributed by atoms with van der Waals surface area (Å²) in [5.74, 6) is 0. The molecule has 0 spiro atoms. The third kappa shape index (κ3) is 4.57. The second-order valence-corrected chi connectivity index (χ2v) is 2.76. The van der Waals surface area contributed by atoms with Crippen molar-refractivity contribution in [1.29, 1.82) is 0 Å². The van der Waals surface area contributed by atoms with Gasteiger partial charge in [0.25, 0.3) is 0 Å². The first kappa shape index (κ1) is 10.2. The average molecular weight is 152 g/mol. The second-order valence-electron chi connectivity index (χ2n) is 2.76. The van der Waals surface area contributed by atoms with Crippen LogP contribution in [0.5, 0.6) is 0 Å².